The zero-order valence-corrected chi connectivity index (χ0v) is 7.48. The van der Waals surface area contributed by atoms with Gasteiger partial charge in [0.2, 0.25) is 0 Å². The lowest BCUT2D eigenvalue weighted by molar-refractivity contribution is -0.139. The number of nitrogens with one attached hydrogen (secondary N) is 1. The Kier molecular flexibility index (Phi) is 3.35. The maximum Gasteiger partial charge on any atom is 0.331 e. The Morgan fingerprint density at radius 3 is 2.20 bits per heavy atom. The first kappa shape index (κ1) is 11.1. The van der Waals surface area contributed by atoms with Gasteiger partial charge in [-0.3, -0.25) is 4.79 Å². The molecular weight excluding hydrogens is 205 g/mol. The van der Waals surface area contributed by atoms with Crippen molar-refractivity contribution in [1.29, 1.82) is 0 Å². The Morgan fingerprint density at radius 2 is 1.80 bits per heavy atom. The molecular formula is C9H8FNO4. The smallest absolute Gasteiger partial charge is 0.331 e. The van der Waals surface area contributed by atoms with Gasteiger partial charge in [-0.05, 0) is 24.3 Å². The number of carbonyl (C=O) groups is 2. The first-order valence-corrected chi connectivity index (χ1v) is 3.98. The van der Waals surface area contributed by atoms with Crippen molar-refractivity contribution >= 4 is 11.8 Å². The summed E-state index contributed by atoms with van der Waals surface area (Å²) in [4.78, 5) is 21.8. The lowest BCUT2D eigenvalue weighted by atomic mass is 10.1. The second kappa shape index (κ2) is 4.52. The van der Waals surface area contributed by atoms with Crippen molar-refractivity contribution in [1.82, 2.24) is 5.54 Å². The molecule has 1 unspecified atom stereocenters. The van der Waals surface area contributed by atoms with Crippen LogP contribution in [-0.4, -0.2) is 28.0 Å². The predicted molar refractivity (Wildman–Crippen MR) is 48.1 cm³/mol. The molecule has 0 fully saturated rings. The molecule has 15 heavy (non-hydrogen) atoms. The average Bonchev–Trinajstić information content (AvgIpc) is 2.19. The summed E-state index contributed by atoms with van der Waals surface area (Å²) in [6.07, 6.45) is 0. The van der Waals surface area contributed by atoms with Crippen LogP contribution in [0.15, 0.2) is 24.3 Å². The van der Waals surface area contributed by atoms with Crippen LogP contribution in [0, 0.1) is 0 Å². The fourth-order valence-electron chi connectivity index (χ4n) is 1.00. The second-order valence-electron chi connectivity index (χ2n) is 2.79. The molecule has 5 nitrogen and oxygen atoms in total. The minimum atomic E-state index is -1.92. The van der Waals surface area contributed by atoms with Crippen LogP contribution in [0.1, 0.15) is 10.4 Å². The van der Waals surface area contributed by atoms with Crippen molar-refractivity contribution in [3.05, 3.63) is 29.8 Å². The van der Waals surface area contributed by atoms with E-state index in [4.69, 9.17) is 10.2 Å². The average molecular weight is 213 g/mol. The van der Waals surface area contributed by atoms with Gasteiger partial charge >= 0.3 is 5.97 Å². The summed E-state index contributed by atoms with van der Waals surface area (Å²) in [5.74, 6) is -2.58. The zero-order valence-electron chi connectivity index (χ0n) is 7.48. The lowest BCUT2D eigenvalue weighted by Crippen LogP contribution is -2.39. The molecule has 0 aliphatic rings. The third kappa shape index (κ3) is 2.50. The van der Waals surface area contributed by atoms with Crippen LogP contribution in [0.2, 0.25) is 0 Å². The standard InChI is InChI=1S/C9H8FNO4/c10-11-7(9(14)15)8(13)5-1-3-6(12)4-2-5/h1-4,7,11-12H,(H,14,15). The topological polar surface area (TPSA) is 86.6 Å². The largest absolute Gasteiger partial charge is 0.508 e. The van der Waals surface area contributed by atoms with Gasteiger partial charge in [0.1, 0.15) is 5.75 Å². The number of carbonyl (C=O) groups excluding carboxylic acids is 1. The van der Waals surface area contributed by atoms with Gasteiger partial charge in [-0.25, -0.2) is 4.79 Å². The van der Waals surface area contributed by atoms with Crippen LogP contribution >= 0.6 is 0 Å². The number of halogens is 1. The molecule has 1 atom stereocenters. The second-order valence-corrected chi connectivity index (χ2v) is 2.79. The number of Topliss-reactive ketones (excluding diaryl/α,β-unsaturated/α-hetero) is 1. The molecule has 1 aromatic carbocycles. The van der Waals surface area contributed by atoms with Crippen LogP contribution in [0.3, 0.4) is 0 Å². The Labute approximate surface area is 84.1 Å². The molecule has 1 rings (SSSR count). The molecule has 0 heterocycles. The number of aromatic hydroxyl groups is 1. The van der Waals surface area contributed by atoms with Gasteiger partial charge in [0.25, 0.3) is 0 Å². The van der Waals surface area contributed by atoms with E-state index in [2.05, 4.69) is 0 Å². The maximum absolute atomic E-state index is 12.0. The normalized spacial score (nSPS) is 12.1. The fraction of sp³-hybridized carbons (Fsp3) is 0.111. The van der Waals surface area contributed by atoms with E-state index in [1.54, 1.807) is 0 Å². The van der Waals surface area contributed by atoms with Gasteiger partial charge < -0.3 is 10.2 Å². The predicted octanol–water partition coefficient (Wildman–Crippen LogP) is 0.502. The number of ketones is 1. The molecule has 0 aliphatic carbocycles. The van der Waals surface area contributed by atoms with Gasteiger partial charge in [-0.15, -0.1) is 10.0 Å². The van der Waals surface area contributed by atoms with Gasteiger partial charge in [0.15, 0.2) is 11.8 Å². The number of hydrogen-bond donors (Lipinski definition) is 3. The van der Waals surface area contributed by atoms with Gasteiger partial charge in [-0.2, -0.15) is 0 Å². The monoisotopic (exact) mass is 213 g/mol. The van der Waals surface area contributed by atoms with Gasteiger partial charge in [-0.1, -0.05) is 0 Å². The summed E-state index contributed by atoms with van der Waals surface area (Å²) in [6.45, 7) is 0. The molecule has 1 aromatic rings. The minimum absolute atomic E-state index is 0.00495. The molecule has 0 aliphatic heterocycles. The van der Waals surface area contributed by atoms with Gasteiger partial charge in [0.05, 0.1) is 0 Å². The highest BCUT2D eigenvalue weighted by Gasteiger charge is 2.27. The Morgan fingerprint density at radius 1 is 1.27 bits per heavy atom. The van der Waals surface area contributed by atoms with Crippen LogP contribution in [0.5, 0.6) is 5.75 Å². The Bertz CT molecular complexity index is 376. The summed E-state index contributed by atoms with van der Waals surface area (Å²) >= 11 is 0. The number of carboxylic acids is 1. The number of phenols is 1. The van der Waals surface area contributed by atoms with Gasteiger partial charge in [0, 0.05) is 5.56 Å². The zero-order chi connectivity index (χ0) is 11.4. The minimum Gasteiger partial charge on any atom is -0.508 e. The first-order chi connectivity index (χ1) is 7.06. The summed E-state index contributed by atoms with van der Waals surface area (Å²) < 4.78 is 12.0. The van der Waals surface area contributed by atoms with E-state index in [1.807, 2.05) is 0 Å². The van der Waals surface area contributed by atoms with Crippen LogP contribution in [-0.2, 0) is 4.79 Å². The molecule has 0 amide bonds. The SMILES string of the molecule is O=C(O)C(NF)C(=O)c1ccc(O)cc1. The van der Waals surface area contributed by atoms with E-state index in [0.717, 1.165) is 5.54 Å². The van der Waals surface area contributed by atoms with E-state index in [9.17, 15) is 14.1 Å². The third-order valence-corrected chi connectivity index (χ3v) is 1.77. The highest BCUT2D eigenvalue weighted by atomic mass is 19.2. The molecule has 6 heteroatoms. The van der Waals surface area contributed by atoms with Crippen LogP contribution < -0.4 is 5.54 Å². The van der Waals surface area contributed by atoms with Crippen molar-refractivity contribution in [2.75, 3.05) is 0 Å². The quantitative estimate of drug-likeness (QED) is 0.385. The Balaban J connectivity index is 2.93. The first-order valence-electron chi connectivity index (χ1n) is 3.98. The summed E-state index contributed by atoms with van der Waals surface area (Å²) in [7, 11) is 0. The number of carboxylic acid groups (broad SMARTS) is 1. The molecule has 0 saturated heterocycles. The molecule has 0 bridgehead atoms. The van der Waals surface area contributed by atoms with E-state index in [-0.39, 0.29) is 11.3 Å². The van der Waals surface area contributed by atoms with E-state index < -0.39 is 17.8 Å². The molecule has 0 saturated carbocycles. The lowest BCUT2D eigenvalue weighted by Gasteiger charge is -2.07. The number of phenolic OH excluding ortho intramolecular Hbond substituents is 1. The number of rotatable bonds is 4. The number of hydrogen-bond acceptors (Lipinski definition) is 4. The van der Waals surface area contributed by atoms with E-state index >= 15 is 0 Å². The molecule has 0 aromatic heterocycles. The third-order valence-electron chi connectivity index (χ3n) is 1.77. The maximum atomic E-state index is 12.0. The van der Waals surface area contributed by atoms with Crippen LogP contribution in [0.4, 0.5) is 4.48 Å². The van der Waals surface area contributed by atoms with Crippen molar-refractivity contribution < 1.29 is 24.3 Å². The van der Waals surface area contributed by atoms with Crippen molar-refractivity contribution in [3.63, 3.8) is 0 Å². The van der Waals surface area contributed by atoms with E-state index in [0.29, 0.717) is 0 Å². The molecule has 3 N–H and O–H groups in total. The summed E-state index contributed by atoms with van der Waals surface area (Å²) in [6, 6.07) is 2.93. The van der Waals surface area contributed by atoms with Crippen molar-refractivity contribution in [2.45, 2.75) is 6.04 Å². The number of aliphatic carboxylic acids is 1. The highest BCUT2D eigenvalue weighted by Crippen LogP contribution is 2.11. The van der Waals surface area contributed by atoms with Crippen LogP contribution in [0.25, 0.3) is 0 Å². The fourth-order valence-corrected chi connectivity index (χ4v) is 1.00. The Hall–Kier alpha value is -1.95. The summed E-state index contributed by atoms with van der Waals surface area (Å²) in [5, 5.41) is 17.4. The number of benzene rings is 1. The molecule has 0 spiro atoms. The molecule has 80 valence electrons. The summed E-state index contributed by atoms with van der Waals surface area (Å²) in [5.41, 5.74) is 0.908. The van der Waals surface area contributed by atoms with E-state index in [1.165, 1.54) is 24.3 Å². The van der Waals surface area contributed by atoms with Crippen molar-refractivity contribution in [3.8, 4) is 5.75 Å². The highest BCUT2D eigenvalue weighted by molar-refractivity contribution is 6.11. The van der Waals surface area contributed by atoms with Crippen molar-refractivity contribution in [2.24, 2.45) is 0 Å². The molecule has 0 radical (unpaired) electrons.